The predicted molar refractivity (Wildman–Crippen MR) is 93.4 cm³/mol. The van der Waals surface area contributed by atoms with Gasteiger partial charge in [0.25, 0.3) is 0 Å². The number of nitrogens with zero attached hydrogens (tertiary/aromatic N) is 3. The minimum atomic E-state index is -0.331. The van der Waals surface area contributed by atoms with Crippen molar-refractivity contribution in [3.8, 4) is 22.9 Å². The standard InChI is InChI=1S/C16H10ClFN4O2S/c17-12-5-9(6-13-14(12)24-8-23-13)7-19-22-15(20-21-16(22)25)10-1-3-11(18)4-2-10/h1-7H,8H2,(H,21,25)/b19-7-. The number of nitrogens with one attached hydrogen (secondary N) is 1. The van der Waals surface area contributed by atoms with Crippen molar-refractivity contribution in [3.63, 3.8) is 0 Å². The highest BCUT2D eigenvalue weighted by atomic mass is 35.5. The first-order valence-electron chi connectivity index (χ1n) is 7.19. The fourth-order valence-corrected chi connectivity index (χ4v) is 2.82. The van der Waals surface area contributed by atoms with Crippen molar-refractivity contribution in [2.45, 2.75) is 0 Å². The third kappa shape index (κ3) is 3.01. The predicted octanol–water partition coefficient (Wildman–Crippen LogP) is 4.01. The molecule has 2 aromatic carbocycles. The molecule has 0 saturated carbocycles. The summed E-state index contributed by atoms with van der Waals surface area (Å²) in [6.45, 7) is 0.136. The summed E-state index contributed by atoms with van der Waals surface area (Å²) in [6.07, 6.45) is 1.58. The molecule has 0 unspecified atom stereocenters. The van der Waals surface area contributed by atoms with Crippen LogP contribution in [0.5, 0.6) is 11.5 Å². The Balaban J connectivity index is 1.71. The second-order valence-electron chi connectivity index (χ2n) is 5.15. The zero-order chi connectivity index (χ0) is 17.4. The molecule has 6 nitrogen and oxygen atoms in total. The summed E-state index contributed by atoms with van der Waals surface area (Å²) in [4.78, 5) is 0. The highest BCUT2D eigenvalue weighted by Gasteiger charge is 2.18. The monoisotopic (exact) mass is 376 g/mol. The number of rotatable bonds is 3. The second-order valence-corrected chi connectivity index (χ2v) is 5.95. The van der Waals surface area contributed by atoms with Crippen LogP contribution in [0, 0.1) is 10.6 Å². The zero-order valence-corrected chi connectivity index (χ0v) is 14.1. The van der Waals surface area contributed by atoms with E-state index in [0.29, 0.717) is 38.2 Å². The smallest absolute Gasteiger partial charge is 0.231 e. The van der Waals surface area contributed by atoms with Crippen LogP contribution in [0.2, 0.25) is 5.02 Å². The SMILES string of the molecule is Fc1ccc(-c2n[nH]c(=S)n2/N=C\c2cc(Cl)c3c(c2)OCO3)cc1. The van der Waals surface area contributed by atoms with Gasteiger partial charge >= 0.3 is 0 Å². The summed E-state index contributed by atoms with van der Waals surface area (Å²) < 4.78 is 25.5. The van der Waals surface area contributed by atoms with Crippen LogP contribution >= 0.6 is 23.8 Å². The van der Waals surface area contributed by atoms with Crippen LogP contribution in [0.3, 0.4) is 0 Å². The first kappa shape index (κ1) is 15.8. The van der Waals surface area contributed by atoms with Crippen molar-refractivity contribution in [2.75, 3.05) is 6.79 Å². The van der Waals surface area contributed by atoms with Crippen molar-refractivity contribution in [1.29, 1.82) is 0 Å². The molecule has 0 fully saturated rings. The van der Waals surface area contributed by atoms with Crippen molar-refractivity contribution in [2.24, 2.45) is 5.10 Å². The van der Waals surface area contributed by atoms with E-state index in [1.807, 2.05) is 0 Å². The van der Waals surface area contributed by atoms with Crippen LogP contribution in [0.1, 0.15) is 5.56 Å². The van der Waals surface area contributed by atoms with Gasteiger partial charge in [0.15, 0.2) is 17.3 Å². The summed E-state index contributed by atoms with van der Waals surface area (Å²) in [5, 5.41) is 11.6. The number of ether oxygens (including phenoxy) is 2. The normalized spacial score (nSPS) is 12.9. The fourth-order valence-electron chi connectivity index (χ4n) is 2.37. The Morgan fingerprint density at radius 3 is 2.88 bits per heavy atom. The van der Waals surface area contributed by atoms with Gasteiger partial charge < -0.3 is 9.47 Å². The maximum atomic E-state index is 13.1. The van der Waals surface area contributed by atoms with E-state index in [4.69, 9.17) is 33.3 Å². The van der Waals surface area contributed by atoms with Crippen LogP contribution in [0.4, 0.5) is 4.39 Å². The molecule has 1 aromatic heterocycles. The third-order valence-corrected chi connectivity index (χ3v) is 4.07. The first-order valence-corrected chi connectivity index (χ1v) is 7.97. The Hall–Kier alpha value is -2.71. The molecular formula is C16H10ClFN4O2S. The number of hydrogen-bond acceptors (Lipinski definition) is 5. The molecule has 0 aliphatic carbocycles. The average Bonchev–Trinajstić information content (AvgIpc) is 3.21. The molecule has 0 radical (unpaired) electrons. The molecule has 0 saturated heterocycles. The van der Waals surface area contributed by atoms with E-state index in [-0.39, 0.29) is 12.6 Å². The molecule has 0 atom stereocenters. The molecule has 1 aliphatic rings. The van der Waals surface area contributed by atoms with Gasteiger partial charge in [0.1, 0.15) is 5.82 Å². The number of fused-ring (bicyclic) bond motifs is 1. The minimum Gasteiger partial charge on any atom is -0.454 e. The van der Waals surface area contributed by atoms with Gasteiger partial charge in [-0.2, -0.15) is 14.9 Å². The summed E-state index contributed by atoms with van der Waals surface area (Å²) in [6, 6.07) is 9.36. The van der Waals surface area contributed by atoms with Crippen molar-refractivity contribution in [1.82, 2.24) is 14.9 Å². The highest BCUT2D eigenvalue weighted by molar-refractivity contribution is 7.71. The number of H-pyrrole nitrogens is 1. The van der Waals surface area contributed by atoms with Gasteiger partial charge in [0.2, 0.25) is 11.6 Å². The molecule has 126 valence electrons. The Bertz CT molecular complexity index is 1030. The molecule has 4 rings (SSSR count). The molecule has 0 spiro atoms. The molecule has 9 heteroatoms. The quantitative estimate of drug-likeness (QED) is 0.554. The zero-order valence-electron chi connectivity index (χ0n) is 12.6. The van der Waals surface area contributed by atoms with Gasteiger partial charge in [-0.3, -0.25) is 0 Å². The molecule has 1 N–H and O–H groups in total. The topological polar surface area (TPSA) is 64.4 Å². The largest absolute Gasteiger partial charge is 0.454 e. The van der Waals surface area contributed by atoms with E-state index < -0.39 is 0 Å². The minimum absolute atomic E-state index is 0.136. The van der Waals surface area contributed by atoms with Gasteiger partial charge in [-0.15, -0.1) is 0 Å². The lowest BCUT2D eigenvalue weighted by atomic mass is 10.2. The molecule has 3 aromatic rings. The number of aromatic nitrogens is 3. The number of aromatic amines is 1. The van der Waals surface area contributed by atoms with E-state index in [0.717, 1.165) is 0 Å². The number of hydrogen-bond donors (Lipinski definition) is 1. The molecule has 0 amide bonds. The number of benzene rings is 2. The van der Waals surface area contributed by atoms with Crippen molar-refractivity contribution < 1.29 is 13.9 Å². The summed E-state index contributed by atoms with van der Waals surface area (Å²) >= 11 is 11.4. The first-order chi connectivity index (χ1) is 12.1. The number of halogens is 2. The summed E-state index contributed by atoms with van der Waals surface area (Å²) in [5.74, 6) is 1.21. The van der Waals surface area contributed by atoms with E-state index in [1.54, 1.807) is 30.5 Å². The van der Waals surface area contributed by atoms with Crippen LogP contribution in [0.15, 0.2) is 41.5 Å². The lowest BCUT2D eigenvalue weighted by Crippen LogP contribution is -1.95. The van der Waals surface area contributed by atoms with Gasteiger partial charge in [-0.05, 0) is 54.2 Å². The van der Waals surface area contributed by atoms with Crippen LogP contribution in [-0.2, 0) is 0 Å². The Morgan fingerprint density at radius 2 is 2.08 bits per heavy atom. The Kier molecular flexibility index (Phi) is 3.98. The molecule has 25 heavy (non-hydrogen) atoms. The van der Waals surface area contributed by atoms with Gasteiger partial charge in [0.05, 0.1) is 11.2 Å². The fraction of sp³-hybridized carbons (Fsp3) is 0.0625. The Morgan fingerprint density at radius 1 is 1.28 bits per heavy atom. The Labute approximate surface area is 151 Å². The van der Waals surface area contributed by atoms with E-state index in [9.17, 15) is 4.39 Å². The highest BCUT2D eigenvalue weighted by Crippen LogP contribution is 2.39. The van der Waals surface area contributed by atoms with E-state index in [1.165, 1.54) is 16.8 Å². The van der Waals surface area contributed by atoms with Crippen molar-refractivity contribution in [3.05, 3.63) is 57.6 Å². The van der Waals surface area contributed by atoms with Crippen molar-refractivity contribution >= 4 is 30.0 Å². The molecular weight excluding hydrogens is 367 g/mol. The lowest BCUT2D eigenvalue weighted by molar-refractivity contribution is 0.174. The molecule has 2 heterocycles. The summed E-state index contributed by atoms with van der Waals surface area (Å²) in [5.41, 5.74) is 1.39. The van der Waals surface area contributed by atoms with E-state index in [2.05, 4.69) is 15.3 Å². The van der Waals surface area contributed by atoms with Gasteiger partial charge in [0, 0.05) is 5.56 Å². The maximum Gasteiger partial charge on any atom is 0.231 e. The molecule has 1 aliphatic heterocycles. The maximum absolute atomic E-state index is 13.1. The third-order valence-electron chi connectivity index (χ3n) is 3.52. The lowest BCUT2D eigenvalue weighted by Gasteiger charge is -2.02. The van der Waals surface area contributed by atoms with Crippen LogP contribution in [-0.4, -0.2) is 27.9 Å². The van der Waals surface area contributed by atoms with Gasteiger partial charge in [-0.25, -0.2) is 9.49 Å². The second kappa shape index (κ2) is 6.30. The van der Waals surface area contributed by atoms with Crippen LogP contribution in [0.25, 0.3) is 11.4 Å². The van der Waals surface area contributed by atoms with Crippen LogP contribution < -0.4 is 9.47 Å². The molecule has 0 bridgehead atoms. The average molecular weight is 377 g/mol. The van der Waals surface area contributed by atoms with E-state index >= 15 is 0 Å². The van der Waals surface area contributed by atoms with Gasteiger partial charge in [-0.1, -0.05) is 11.6 Å². The summed E-state index contributed by atoms with van der Waals surface area (Å²) in [7, 11) is 0.